The van der Waals surface area contributed by atoms with E-state index in [2.05, 4.69) is 11.3 Å². The molecule has 0 aromatic carbocycles. The lowest BCUT2D eigenvalue weighted by atomic mass is 10.2. The van der Waals surface area contributed by atoms with E-state index in [4.69, 9.17) is 9.47 Å². The molecule has 5 heteroatoms. The van der Waals surface area contributed by atoms with Crippen LogP contribution in [0.15, 0.2) is 12.7 Å². The zero-order valence-electron chi connectivity index (χ0n) is 11.0. The van der Waals surface area contributed by atoms with Crippen molar-refractivity contribution < 1.29 is 23.8 Å². The Morgan fingerprint density at radius 1 is 1.00 bits per heavy atom. The van der Waals surface area contributed by atoms with Crippen molar-refractivity contribution in [3.05, 3.63) is 12.7 Å². The molecule has 0 aliphatic rings. The molecule has 0 aliphatic heterocycles. The van der Waals surface area contributed by atoms with Gasteiger partial charge in [-0.25, -0.2) is 4.79 Å². The van der Waals surface area contributed by atoms with Crippen LogP contribution in [0.25, 0.3) is 0 Å². The van der Waals surface area contributed by atoms with Crippen LogP contribution >= 0.6 is 0 Å². The van der Waals surface area contributed by atoms with E-state index in [1.165, 1.54) is 0 Å². The van der Waals surface area contributed by atoms with E-state index in [9.17, 15) is 9.59 Å². The molecule has 0 atom stereocenters. The molecule has 0 fully saturated rings. The summed E-state index contributed by atoms with van der Waals surface area (Å²) >= 11 is 0. The van der Waals surface area contributed by atoms with Crippen LogP contribution in [-0.4, -0.2) is 38.9 Å². The van der Waals surface area contributed by atoms with Crippen molar-refractivity contribution in [2.45, 2.75) is 32.1 Å². The second-order valence-electron chi connectivity index (χ2n) is 3.75. The highest BCUT2D eigenvalue weighted by Crippen LogP contribution is 2.01. The maximum atomic E-state index is 11.2. The van der Waals surface area contributed by atoms with Crippen LogP contribution in [-0.2, 0) is 23.8 Å². The van der Waals surface area contributed by atoms with E-state index >= 15 is 0 Å². The molecule has 5 nitrogen and oxygen atoms in total. The summed E-state index contributed by atoms with van der Waals surface area (Å²) in [6, 6.07) is 0. The summed E-state index contributed by atoms with van der Waals surface area (Å²) in [7, 11) is 1.68. The Kier molecular flexibility index (Phi) is 11.2. The topological polar surface area (TPSA) is 61.8 Å². The summed E-state index contributed by atoms with van der Waals surface area (Å²) in [4.78, 5) is 21.9. The molecule has 0 aliphatic carbocycles. The third-order valence-electron chi connectivity index (χ3n) is 2.22. The molecular weight excluding hydrogens is 236 g/mol. The Morgan fingerprint density at radius 3 is 2.28 bits per heavy atom. The predicted octanol–water partition coefficient (Wildman–Crippen LogP) is 1.86. The Hall–Kier alpha value is -1.36. The largest absolute Gasteiger partial charge is 0.466 e. The van der Waals surface area contributed by atoms with E-state index in [0.717, 1.165) is 38.4 Å². The monoisotopic (exact) mass is 258 g/mol. The predicted molar refractivity (Wildman–Crippen MR) is 67.1 cm³/mol. The highest BCUT2D eigenvalue weighted by atomic mass is 16.5. The highest BCUT2D eigenvalue weighted by molar-refractivity contribution is 5.81. The maximum Gasteiger partial charge on any atom is 0.330 e. The lowest BCUT2D eigenvalue weighted by Gasteiger charge is -2.05. The summed E-state index contributed by atoms with van der Waals surface area (Å²) in [5.74, 6) is -0.871. The third kappa shape index (κ3) is 11.1. The second-order valence-corrected chi connectivity index (χ2v) is 3.75. The van der Waals surface area contributed by atoms with Gasteiger partial charge >= 0.3 is 11.9 Å². The van der Waals surface area contributed by atoms with Gasteiger partial charge in [0.25, 0.3) is 0 Å². The molecule has 0 spiro atoms. The van der Waals surface area contributed by atoms with Crippen molar-refractivity contribution in [3.8, 4) is 0 Å². The van der Waals surface area contributed by atoms with E-state index in [1.54, 1.807) is 7.11 Å². The number of unbranched alkanes of at least 4 members (excludes halogenated alkanes) is 3. The van der Waals surface area contributed by atoms with Crippen LogP contribution < -0.4 is 0 Å². The van der Waals surface area contributed by atoms with Gasteiger partial charge in [-0.2, -0.15) is 0 Å². The number of methoxy groups -OCH3 is 1. The molecule has 0 radical (unpaired) electrons. The first-order valence-electron chi connectivity index (χ1n) is 6.14. The summed E-state index contributed by atoms with van der Waals surface area (Å²) < 4.78 is 14.6. The lowest BCUT2D eigenvalue weighted by Crippen LogP contribution is -2.11. The zero-order chi connectivity index (χ0) is 13.6. The van der Waals surface area contributed by atoms with Gasteiger partial charge in [-0.05, 0) is 19.3 Å². The smallest absolute Gasteiger partial charge is 0.330 e. The van der Waals surface area contributed by atoms with E-state index in [1.807, 2.05) is 0 Å². The van der Waals surface area contributed by atoms with Crippen LogP contribution in [0.4, 0.5) is 0 Å². The first-order chi connectivity index (χ1) is 8.70. The third-order valence-corrected chi connectivity index (χ3v) is 2.22. The van der Waals surface area contributed by atoms with Gasteiger partial charge in [0.15, 0.2) is 0 Å². The van der Waals surface area contributed by atoms with Crippen LogP contribution in [0.3, 0.4) is 0 Å². The van der Waals surface area contributed by atoms with Crippen LogP contribution in [0.5, 0.6) is 0 Å². The highest BCUT2D eigenvalue weighted by Gasteiger charge is 2.04. The normalized spacial score (nSPS) is 9.83. The van der Waals surface area contributed by atoms with Crippen molar-refractivity contribution in [1.82, 2.24) is 0 Å². The first-order valence-corrected chi connectivity index (χ1v) is 6.14. The molecule has 104 valence electrons. The standard InChI is InChI=1S/C13H22O5/c1-3-12(14)18-11-8-13(15)17-10-7-5-4-6-9-16-2/h3H,1,4-11H2,2H3. The van der Waals surface area contributed by atoms with Gasteiger partial charge in [-0.15, -0.1) is 0 Å². The molecule has 0 bridgehead atoms. The molecule has 0 amide bonds. The summed E-state index contributed by atoms with van der Waals surface area (Å²) in [5, 5.41) is 0. The quantitative estimate of drug-likeness (QED) is 0.321. The minimum absolute atomic E-state index is 0.0392. The average Bonchev–Trinajstić information content (AvgIpc) is 2.37. The minimum atomic E-state index is -0.527. The van der Waals surface area contributed by atoms with Gasteiger partial charge in [-0.1, -0.05) is 13.0 Å². The molecule has 0 saturated carbocycles. The summed E-state index contributed by atoms with van der Waals surface area (Å²) in [5.41, 5.74) is 0. The van der Waals surface area contributed by atoms with Gasteiger partial charge in [0.2, 0.25) is 0 Å². The number of hydrogen-bond donors (Lipinski definition) is 0. The second kappa shape index (κ2) is 12.1. The molecule has 0 heterocycles. The van der Waals surface area contributed by atoms with Crippen molar-refractivity contribution in [2.75, 3.05) is 26.9 Å². The SMILES string of the molecule is C=CC(=O)OCCC(=O)OCCCCCCOC. The fourth-order valence-electron chi connectivity index (χ4n) is 1.25. The van der Waals surface area contributed by atoms with Gasteiger partial charge in [0.05, 0.1) is 13.0 Å². The van der Waals surface area contributed by atoms with Crippen LogP contribution in [0, 0.1) is 0 Å². The molecule has 18 heavy (non-hydrogen) atoms. The fourth-order valence-corrected chi connectivity index (χ4v) is 1.25. The number of carbonyl (C=O) groups excluding carboxylic acids is 2. The van der Waals surface area contributed by atoms with Crippen LogP contribution in [0.2, 0.25) is 0 Å². The number of carbonyl (C=O) groups is 2. The van der Waals surface area contributed by atoms with E-state index < -0.39 is 5.97 Å². The molecule has 0 rings (SSSR count). The van der Waals surface area contributed by atoms with Gasteiger partial charge in [-0.3, -0.25) is 4.79 Å². The van der Waals surface area contributed by atoms with Gasteiger partial charge in [0.1, 0.15) is 6.61 Å². The first kappa shape index (κ1) is 16.6. The maximum absolute atomic E-state index is 11.2. The van der Waals surface area contributed by atoms with Crippen molar-refractivity contribution in [3.63, 3.8) is 0 Å². The van der Waals surface area contributed by atoms with E-state index in [-0.39, 0.29) is 19.0 Å². The molecule has 0 saturated heterocycles. The Bertz CT molecular complexity index is 250. The number of hydrogen-bond acceptors (Lipinski definition) is 5. The molecule has 0 aromatic rings. The van der Waals surface area contributed by atoms with Crippen molar-refractivity contribution in [2.24, 2.45) is 0 Å². The summed E-state index contributed by atoms with van der Waals surface area (Å²) in [6.07, 6.45) is 5.11. The Balaban J connectivity index is 3.26. The zero-order valence-corrected chi connectivity index (χ0v) is 11.0. The Labute approximate surface area is 108 Å². The molecular formula is C13H22O5. The molecule has 0 N–H and O–H groups in total. The number of ether oxygens (including phenoxy) is 3. The Morgan fingerprint density at radius 2 is 1.67 bits per heavy atom. The van der Waals surface area contributed by atoms with Crippen LogP contribution in [0.1, 0.15) is 32.1 Å². The average molecular weight is 258 g/mol. The lowest BCUT2D eigenvalue weighted by molar-refractivity contribution is -0.147. The number of esters is 2. The molecule has 0 aromatic heterocycles. The van der Waals surface area contributed by atoms with Gasteiger partial charge in [0, 0.05) is 19.8 Å². The minimum Gasteiger partial charge on any atom is -0.466 e. The van der Waals surface area contributed by atoms with Crippen molar-refractivity contribution in [1.29, 1.82) is 0 Å². The fraction of sp³-hybridized carbons (Fsp3) is 0.692. The molecule has 0 unspecified atom stereocenters. The van der Waals surface area contributed by atoms with E-state index in [0.29, 0.717) is 6.61 Å². The van der Waals surface area contributed by atoms with Crippen molar-refractivity contribution >= 4 is 11.9 Å². The number of rotatable bonds is 11. The van der Waals surface area contributed by atoms with Gasteiger partial charge < -0.3 is 14.2 Å². The summed E-state index contributed by atoms with van der Waals surface area (Å²) in [6.45, 7) is 4.48.